The van der Waals surface area contributed by atoms with Gasteiger partial charge in [-0.05, 0) is 34.5 Å². The molecule has 1 rings (SSSR count). The first-order valence-electron chi connectivity index (χ1n) is 2.93. The molecule has 1 aromatic carbocycles. The Morgan fingerprint density at radius 3 is 2.45 bits per heavy atom. The second-order valence-corrected chi connectivity index (χ2v) is 3.83. The van der Waals surface area contributed by atoms with Crippen LogP contribution in [0.1, 0.15) is 5.56 Å². The Balaban J connectivity index is 3.46. The molecular weight excluding hydrogens is 249 g/mol. The summed E-state index contributed by atoms with van der Waals surface area (Å²) in [6.07, 6.45) is 0. The number of hydrogen-bond donors (Lipinski definition) is 1. The van der Waals surface area contributed by atoms with Crippen LogP contribution >= 0.6 is 39.1 Å². The number of nitrogens with two attached hydrogens (primary N) is 1. The van der Waals surface area contributed by atoms with Gasteiger partial charge in [-0.3, -0.25) is 0 Å². The fraction of sp³-hybridized carbons (Fsp3) is 0.143. The van der Waals surface area contributed by atoms with Crippen molar-refractivity contribution in [2.75, 3.05) is 5.73 Å². The zero-order valence-electron chi connectivity index (χ0n) is 5.79. The number of halogens is 3. The minimum Gasteiger partial charge on any atom is -0.397 e. The number of aryl methyl sites for hydroxylation is 1. The van der Waals surface area contributed by atoms with E-state index in [1.807, 2.05) is 13.0 Å². The van der Waals surface area contributed by atoms with Crippen LogP contribution in [0.5, 0.6) is 0 Å². The molecule has 0 aliphatic carbocycles. The Labute approximate surface area is 83.6 Å². The van der Waals surface area contributed by atoms with Crippen LogP contribution < -0.4 is 5.73 Å². The molecule has 0 spiro atoms. The van der Waals surface area contributed by atoms with E-state index in [9.17, 15) is 0 Å². The molecule has 0 saturated carbocycles. The average Bonchev–Trinajstić information content (AvgIpc) is 1.97. The Morgan fingerprint density at radius 1 is 1.36 bits per heavy atom. The number of hydrogen-bond acceptors (Lipinski definition) is 1. The lowest BCUT2D eigenvalue weighted by Gasteiger charge is -2.05. The summed E-state index contributed by atoms with van der Waals surface area (Å²) in [6, 6.07) is 1.84. The SMILES string of the molecule is Cc1cc(Br)c(N)c(Cl)c1Cl. The smallest absolute Gasteiger partial charge is 0.0835 e. The van der Waals surface area contributed by atoms with Crippen LogP contribution in [0.4, 0.5) is 5.69 Å². The lowest BCUT2D eigenvalue weighted by Crippen LogP contribution is -1.90. The summed E-state index contributed by atoms with van der Waals surface area (Å²) in [5.74, 6) is 0. The van der Waals surface area contributed by atoms with E-state index in [0.29, 0.717) is 15.7 Å². The van der Waals surface area contributed by atoms with E-state index in [0.717, 1.165) is 10.0 Å². The quantitative estimate of drug-likeness (QED) is 0.555. The first-order chi connectivity index (χ1) is 5.04. The van der Waals surface area contributed by atoms with Gasteiger partial charge in [0.2, 0.25) is 0 Å². The zero-order chi connectivity index (χ0) is 8.59. The molecule has 60 valence electrons. The molecule has 0 atom stereocenters. The van der Waals surface area contributed by atoms with Gasteiger partial charge in [0.1, 0.15) is 0 Å². The van der Waals surface area contributed by atoms with Crippen LogP contribution in [0, 0.1) is 6.92 Å². The molecule has 2 N–H and O–H groups in total. The Hall–Kier alpha value is 0.0800. The summed E-state index contributed by atoms with van der Waals surface area (Å²) in [5, 5.41) is 0.936. The topological polar surface area (TPSA) is 26.0 Å². The standard InChI is InChI=1S/C7H6BrCl2N/c1-3-2-4(8)7(11)6(10)5(3)9/h2H,11H2,1H3. The number of benzene rings is 1. The lowest BCUT2D eigenvalue weighted by atomic mass is 10.2. The van der Waals surface area contributed by atoms with Crippen molar-refractivity contribution < 1.29 is 0 Å². The maximum absolute atomic E-state index is 5.82. The van der Waals surface area contributed by atoms with Gasteiger partial charge in [-0.15, -0.1) is 0 Å². The van der Waals surface area contributed by atoms with Crippen molar-refractivity contribution >= 4 is 44.8 Å². The highest BCUT2D eigenvalue weighted by molar-refractivity contribution is 9.10. The fourth-order valence-electron chi connectivity index (χ4n) is 0.727. The van der Waals surface area contributed by atoms with E-state index < -0.39 is 0 Å². The molecule has 11 heavy (non-hydrogen) atoms. The van der Waals surface area contributed by atoms with Crippen molar-refractivity contribution in [1.82, 2.24) is 0 Å². The normalized spacial score (nSPS) is 10.2. The molecule has 0 radical (unpaired) electrons. The van der Waals surface area contributed by atoms with E-state index in [-0.39, 0.29) is 0 Å². The predicted octanol–water partition coefficient (Wildman–Crippen LogP) is 3.65. The molecule has 0 heterocycles. The third-order valence-electron chi connectivity index (χ3n) is 1.38. The Bertz CT molecular complexity index is 273. The third-order valence-corrected chi connectivity index (χ3v) is 3.01. The zero-order valence-corrected chi connectivity index (χ0v) is 8.89. The van der Waals surface area contributed by atoms with Crippen LogP contribution in [-0.2, 0) is 0 Å². The van der Waals surface area contributed by atoms with Gasteiger partial charge in [-0.1, -0.05) is 23.2 Å². The van der Waals surface area contributed by atoms with Gasteiger partial charge >= 0.3 is 0 Å². The Kier molecular flexibility index (Phi) is 2.68. The average molecular weight is 255 g/mol. The van der Waals surface area contributed by atoms with Crippen LogP contribution in [0.15, 0.2) is 10.5 Å². The van der Waals surface area contributed by atoms with E-state index in [4.69, 9.17) is 28.9 Å². The second-order valence-electron chi connectivity index (χ2n) is 2.22. The first-order valence-corrected chi connectivity index (χ1v) is 4.48. The van der Waals surface area contributed by atoms with Crippen LogP contribution in [0.3, 0.4) is 0 Å². The van der Waals surface area contributed by atoms with Crippen LogP contribution in [0.2, 0.25) is 10.0 Å². The van der Waals surface area contributed by atoms with Gasteiger partial charge < -0.3 is 5.73 Å². The molecule has 1 aromatic rings. The van der Waals surface area contributed by atoms with Crippen molar-refractivity contribution in [3.05, 3.63) is 26.1 Å². The molecule has 0 aromatic heterocycles. The molecule has 0 amide bonds. The fourth-order valence-corrected chi connectivity index (χ4v) is 1.79. The highest BCUT2D eigenvalue weighted by atomic mass is 79.9. The number of nitrogen functional groups attached to an aromatic ring is 1. The van der Waals surface area contributed by atoms with Gasteiger partial charge in [0.15, 0.2) is 0 Å². The number of anilines is 1. The minimum atomic E-state index is 0.415. The van der Waals surface area contributed by atoms with Crippen molar-refractivity contribution in [2.24, 2.45) is 0 Å². The van der Waals surface area contributed by atoms with Crippen LogP contribution in [0.25, 0.3) is 0 Å². The highest BCUT2D eigenvalue weighted by Gasteiger charge is 2.08. The van der Waals surface area contributed by atoms with E-state index in [1.165, 1.54) is 0 Å². The maximum atomic E-state index is 5.82. The highest BCUT2D eigenvalue weighted by Crippen LogP contribution is 2.36. The Morgan fingerprint density at radius 2 is 1.91 bits per heavy atom. The molecule has 0 bridgehead atoms. The van der Waals surface area contributed by atoms with Gasteiger partial charge in [0.05, 0.1) is 15.7 Å². The molecule has 0 fully saturated rings. The summed E-state index contributed by atoms with van der Waals surface area (Å²) in [6.45, 7) is 1.87. The minimum absolute atomic E-state index is 0.415. The van der Waals surface area contributed by atoms with E-state index >= 15 is 0 Å². The van der Waals surface area contributed by atoms with Crippen molar-refractivity contribution in [3.63, 3.8) is 0 Å². The van der Waals surface area contributed by atoms with Crippen molar-refractivity contribution in [1.29, 1.82) is 0 Å². The molecule has 4 heteroatoms. The predicted molar refractivity (Wildman–Crippen MR) is 53.3 cm³/mol. The molecule has 0 saturated heterocycles. The van der Waals surface area contributed by atoms with Gasteiger partial charge in [-0.25, -0.2) is 0 Å². The van der Waals surface area contributed by atoms with E-state index in [2.05, 4.69) is 15.9 Å². The van der Waals surface area contributed by atoms with Gasteiger partial charge in [-0.2, -0.15) is 0 Å². The largest absolute Gasteiger partial charge is 0.397 e. The molecule has 0 aliphatic heterocycles. The monoisotopic (exact) mass is 253 g/mol. The van der Waals surface area contributed by atoms with E-state index in [1.54, 1.807) is 0 Å². The summed E-state index contributed by atoms with van der Waals surface area (Å²) in [4.78, 5) is 0. The summed E-state index contributed by atoms with van der Waals surface area (Å²) >= 11 is 14.9. The maximum Gasteiger partial charge on any atom is 0.0835 e. The summed E-state index contributed by atoms with van der Waals surface area (Å²) < 4.78 is 0.782. The molecule has 1 nitrogen and oxygen atoms in total. The molecular formula is C7H6BrCl2N. The summed E-state index contributed by atoms with van der Waals surface area (Å²) in [7, 11) is 0. The second kappa shape index (κ2) is 3.21. The first kappa shape index (κ1) is 9.17. The number of rotatable bonds is 0. The van der Waals surface area contributed by atoms with Crippen molar-refractivity contribution in [2.45, 2.75) is 6.92 Å². The third kappa shape index (κ3) is 1.63. The molecule has 0 aliphatic rings. The van der Waals surface area contributed by atoms with Gasteiger partial charge in [0.25, 0.3) is 0 Å². The molecule has 0 unspecified atom stereocenters. The summed E-state index contributed by atoms with van der Waals surface area (Å²) in [5.41, 5.74) is 6.99. The van der Waals surface area contributed by atoms with Gasteiger partial charge in [0, 0.05) is 4.47 Å². The van der Waals surface area contributed by atoms with Crippen molar-refractivity contribution in [3.8, 4) is 0 Å². The van der Waals surface area contributed by atoms with Crippen LogP contribution in [-0.4, -0.2) is 0 Å². The lowest BCUT2D eigenvalue weighted by molar-refractivity contribution is 1.45.